The van der Waals surface area contributed by atoms with Crippen LogP contribution in [0.5, 0.6) is 5.75 Å². The first-order chi connectivity index (χ1) is 9.34. The molecule has 3 rings (SSSR count). The van der Waals surface area contributed by atoms with Crippen LogP contribution in [0.25, 0.3) is 0 Å². The minimum Gasteiger partial charge on any atom is -0.488 e. The van der Waals surface area contributed by atoms with E-state index in [1.165, 1.54) is 0 Å². The van der Waals surface area contributed by atoms with Crippen LogP contribution in [0, 0.1) is 0 Å². The number of aromatic nitrogens is 1. The van der Waals surface area contributed by atoms with Gasteiger partial charge in [-0.05, 0) is 24.5 Å². The minimum atomic E-state index is 0.150. The predicted molar refractivity (Wildman–Crippen MR) is 72.3 cm³/mol. The summed E-state index contributed by atoms with van der Waals surface area (Å²) in [6, 6.07) is 11.7. The molecule has 3 heteroatoms. The number of ether oxygens (including phenoxy) is 1. The van der Waals surface area contributed by atoms with Crippen LogP contribution >= 0.6 is 0 Å². The zero-order chi connectivity index (χ0) is 13.1. The number of carbonyl (C=O) groups is 1. The van der Waals surface area contributed by atoms with E-state index < -0.39 is 0 Å². The molecule has 0 bridgehead atoms. The number of hydrogen-bond acceptors (Lipinski definition) is 3. The van der Waals surface area contributed by atoms with Crippen LogP contribution in [0.4, 0.5) is 0 Å². The Balaban J connectivity index is 1.84. The van der Waals surface area contributed by atoms with Crippen molar-refractivity contribution in [1.82, 2.24) is 4.98 Å². The van der Waals surface area contributed by atoms with Gasteiger partial charge in [-0.3, -0.25) is 9.78 Å². The van der Waals surface area contributed by atoms with E-state index in [0.717, 1.165) is 24.1 Å². The fourth-order valence-electron chi connectivity index (χ4n) is 2.37. The van der Waals surface area contributed by atoms with Gasteiger partial charge in [-0.1, -0.05) is 30.3 Å². The van der Waals surface area contributed by atoms with E-state index in [0.29, 0.717) is 24.3 Å². The second-order valence-electron chi connectivity index (χ2n) is 4.68. The molecule has 1 aromatic carbocycles. The Morgan fingerprint density at radius 3 is 2.79 bits per heavy atom. The SMILES string of the molecule is O=C1CCCc2nccc(OCc3ccccc3)c21. The smallest absolute Gasteiger partial charge is 0.168 e. The molecule has 1 aliphatic carbocycles. The first-order valence-corrected chi connectivity index (χ1v) is 6.52. The number of ketones is 1. The number of carbonyl (C=O) groups excluding carboxylic acids is 1. The monoisotopic (exact) mass is 253 g/mol. The van der Waals surface area contributed by atoms with Crippen molar-refractivity contribution < 1.29 is 9.53 Å². The fraction of sp³-hybridized carbons (Fsp3) is 0.250. The second-order valence-corrected chi connectivity index (χ2v) is 4.68. The van der Waals surface area contributed by atoms with Crippen LogP contribution in [0.2, 0.25) is 0 Å². The summed E-state index contributed by atoms with van der Waals surface area (Å²) in [5.41, 5.74) is 2.66. The highest BCUT2D eigenvalue weighted by Crippen LogP contribution is 2.28. The molecular weight excluding hydrogens is 238 g/mol. The summed E-state index contributed by atoms with van der Waals surface area (Å²) in [7, 11) is 0. The molecule has 0 aliphatic heterocycles. The number of fused-ring (bicyclic) bond motifs is 1. The van der Waals surface area contributed by atoms with E-state index in [2.05, 4.69) is 4.98 Å². The van der Waals surface area contributed by atoms with Gasteiger partial charge < -0.3 is 4.74 Å². The van der Waals surface area contributed by atoms with Crippen molar-refractivity contribution in [3.63, 3.8) is 0 Å². The van der Waals surface area contributed by atoms with Gasteiger partial charge in [-0.2, -0.15) is 0 Å². The molecule has 0 saturated carbocycles. The lowest BCUT2D eigenvalue weighted by atomic mass is 9.94. The van der Waals surface area contributed by atoms with Gasteiger partial charge in [-0.15, -0.1) is 0 Å². The fourth-order valence-corrected chi connectivity index (χ4v) is 2.37. The van der Waals surface area contributed by atoms with E-state index in [1.54, 1.807) is 12.3 Å². The van der Waals surface area contributed by atoms with Crippen molar-refractivity contribution in [3.8, 4) is 5.75 Å². The van der Waals surface area contributed by atoms with Crippen molar-refractivity contribution in [2.45, 2.75) is 25.9 Å². The summed E-state index contributed by atoms with van der Waals surface area (Å²) < 4.78 is 5.80. The Morgan fingerprint density at radius 2 is 1.95 bits per heavy atom. The van der Waals surface area contributed by atoms with E-state index in [9.17, 15) is 4.79 Å². The average Bonchev–Trinajstić information content (AvgIpc) is 2.46. The maximum Gasteiger partial charge on any atom is 0.168 e. The molecule has 19 heavy (non-hydrogen) atoms. The van der Waals surface area contributed by atoms with Crippen LogP contribution in [-0.4, -0.2) is 10.8 Å². The quantitative estimate of drug-likeness (QED) is 0.843. The van der Waals surface area contributed by atoms with Gasteiger partial charge >= 0.3 is 0 Å². The summed E-state index contributed by atoms with van der Waals surface area (Å²) in [5, 5.41) is 0. The van der Waals surface area contributed by atoms with E-state index in [-0.39, 0.29) is 5.78 Å². The highest BCUT2D eigenvalue weighted by atomic mass is 16.5. The molecule has 2 aromatic rings. The van der Waals surface area contributed by atoms with Gasteiger partial charge in [0.1, 0.15) is 12.4 Å². The lowest BCUT2D eigenvalue weighted by Crippen LogP contribution is -2.14. The van der Waals surface area contributed by atoms with Crippen molar-refractivity contribution in [2.24, 2.45) is 0 Å². The number of hydrogen-bond donors (Lipinski definition) is 0. The Morgan fingerprint density at radius 1 is 1.11 bits per heavy atom. The lowest BCUT2D eigenvalue weighted by molar-refractivity contribution is 0.0966. The van der Waals surface area contributed by atoms with Gasteiger partial charge in [0, 0.05) is 12.6 Å². The van der Waals surface area contributed by atoms with Crippen molar-refractivity contribution in [3.05, 3.63) is 59.4 Å². The molecule has 0 spiro atoms. The normalized spacial score (nSPS) is 14.0. The van der Waals surface area contributed by atoms with E-state index in [1.807, 2.05) is 30.3 Å². The van der Waals surface area contributed by atoms with Crippen LogP contribution in [0.1, 0.15) is 34.5 Å². The summed E-state index contributed by atoms with van der Waals surface area (Å²) >= 11 is 0. The molecule has 96 valence electrons. The first-order valence-electron chi connectivity index (χ1n) is 6.52. The molecule has 0 atom stereocenters. The van der Waals surface area contributed by atoms with E-state index >= 15 is 0 Å². The number of nitrogens with zero attached hydrogens (tertiary/aromatic N) is 1. The standard InChI is InChI=1S/C16H15NO2/c18-14-8-4-7-13-16(14)15(9-10-17-13)19-11-12-5-2-1-3-6-12/h1-3,5-6,9-10H,4,7-8,11H2. The number of aryl methyl sites for hydroxylation is 1. The summed E-state index contributed by atoms with van der Waals surface area (Å²) in [6.07, 6.45) is 4.07. The van der Waals surface area contributed by atoms with Crippen molar-refractivity contribution in [1.29, 1.82) is 0 Å². The Labute approximate surface area is 112 Å². The second kappa shape index (κ2) is 5.22. The van der Waals surface area contributed by atoms with E-state index in [4.69, 9.17) is 4.74 Å². The Bertz CT molecular complexity index is 593. The average molecular weight is 253 g/mol. The third-order valence-electron chi connectivity index (χ3n) is 3.32. The van der Waals surface area contributed by atoms with Crippen LogP contribution < -0.4 is 4.74 Å². The molecule has 0 radical (unpaired) electrons. The summed E-state index contributed by atoms with van der Waals surface area (Å²) in [4.78, 5) is 16.3. The number of pyridine rings is 1. The number of benzene rings is 1. The Kier molecular flexibility index (Phi) is 3.27. The van der Waals surface area contributed by atoms with Crippen LogP contribution in [0.15, 0.2) is 42.6 Å². The highest BCUT2D eigenvalue weighted by molar-refractivity contribution is 6.00. The van der Waals surface area contributed by atoms with Gasteiger partial charge in [-0.25, -0.2) is 0 Å². The zero-order valence-electron chi connectivity index (χ0n) is 10.6. The van der Waals surface area contributed by atoms with Crippen LogP contribution in [-0.2, 0) is 13.0 Å². The van der Waals surface area contributed by atoms with Crippen molar-refractivity contribution in [2.75, 3.05) is 0 Å². The lowest BCUT2D eigenvalue weighted by Gasteiger charge is -2.17. The molecule has 1 heterocycles. The maximum atomic E-state index is 12.0. The van der Waals surface area contributed by atoms with Crippen LogP contribution in [0.3, 0.4) is 0 Å². The molecular formula is C16H15NO2. The zero-order valence-corrected chi connectivity index (χ0v) is 10.6. The van der Waals surface area contributed by atoms with Gasteiger partial charge in [0.05, 0.1) is 11.3 Å². The number of Topliss-reactive ketones (excluding diaryl/α,β-unsaturated/α-hetero) is 1. The molecule has 0 N–H and O–H groups in total. The molecule has 1 aromatic heterocycles. The summed E-state index contributed by atoms with van der Waals surface area (Å²) in [5.74, 6) is 0.816. The van der Waals surface area contributed by atoms with Gasteiger partial charge in [0.15, 0.2) is 5.78 Å². The van der Waals surface area contributed by atoms with Crippen molar-refractivity contribution >= 4 is 5.78 Å². The minimum absolute atomic E-state index is 0.150. The summed E-state index contributed by atoms with van der Waals surface area (Å²) in [6.45, 7) is 0.477. The molecule has 0 amide bonds. The molecule has 0 unspecified atom stereocenters. The predicted octanol–water partition coefficient (Wildman–Crippen LogP) is 3.18. The number of rotatable bonds is 3. The molecule has 1 aliphatic rings. The molecule has 0 saturated heterocycles. The third kappa shape index (κ3) is 2.50. The topological polar surface area (TPSA) is 39.2 Å². The maximum absolute atomic E-state index is 12.0. The highest BCUT2D eigenvalue weighted by Gasteiger charge is 2.22. The third-order valence-corrected chi connectivity index (χ3v) is 3.32. The Hall–Kier alpha value is -2.16. The van der Waals surface area contributed by atoms with Gasteiger partial charge in [0.2, 0.25) is 0 Å². The molecule has 0 fully saturated rings. The molecule has 3 nitrogen and oxygen atoms in total. The largest absolute Gasteiger partial charge is 0.488 e. The van der Waals surface area contributed by atoms with Gasteiger partial charge in [0.25, 0.3) is 0 Å². The first kappa shape index (κ1) is 11.9.